The van der Waals surface area contributed by atoms with Crippen LogP contribution in [0.4, 0.5) is 11.4 Å². The summed E-state index contributed by atoms with van der Waals surface area (Å²) in [6.45, 7) is 3.58. The van der Waals surface area contributed by atoms with Crippen LogP contribution in [0.2, 0.25) is 0 Å². The van der Waals surface area contributed by atoms with E-state index in [0.717, 1.165) is 15.7 Å². The standard InChI is InChI=1S/C17H17BrN2O2/c1-11-9-13(18)7-8-15(11)19-10-17(22)20-16-6-4-3-5-14(16)12(2)21/h3-9,19H,10H2,1-2H3,(H,20,22). The highest BCUT2D eigenvalue weighted by molar-refractivity contribution is 9.10. The summed E-state index contributed by atoms with van der Waals surface area (Å²) in [5.41, 5.74) is 2.99. The van der Waals surface area contributed by atoms with Crippen molar-refractivity contribution in [3.8, 4) is 0 Å². The van der Waals surface area contributed by atoms with E-state index in [-0.39, 0.29) is 18.2 Å². The molecule has 0 saturated carbocycles. The number of halogens is 1. The van der Waals surface area contributed by atoms with E-state index in [1.807, 2.05) is 25.1 Å². The number of benzene rings is 2. The second-order valence-electron chi connectivity index (χ2n) is 4.96. The molecule has 0 heterocycles. The summed E-state index contributed by atoms with van der Waals surface area (Å²) in [4.78, 5) is 23.6. The SMILES string of the molecule is CC(=O)c1ccccc1NC(=O)CNc1ccc(Br)cc1C. The summed E-state index contributed by atoms with van der Waals surface area (Å²) in [5, 5.41) is 5.85. The summed E-state index contributed by atoms with van der Waals surface area (Å²) >= 11 is 3.40. The van der Waals surface area contributed by atoms with Crippen LogP contribution in [0, 0.1) is 6.92 Å². The van der Waals surface area contributed by atoms with E-state index in [9.17, 15) is 9.59 Å². The Labute approximate surface area is 138 Å². The van der Waals surface area contributed by atoms with E-state index in [0.29, 0.717) is 11.3 Å². The minimum absolute atomic E-state index is 0.0763. The monoisotopic (exact) mass is 360 g/mol. The van der Waals surface area contributed by atoms with Crippen molar-refractivity contribution < 1.29 is 9.59 Å². The van der Waals surface area contributed by atoms with E-state index in [4.69, 9.17) is 0 Å². The van der Waals surface area contributed by atoms with Crippen LogP contribution in [-0.4, -0.2) is 18.2 Å². The first kappa shape index (κ1) is 16.2. The van der Waals surface area contributed by atoms with Crippen molar-refractivity contribution in [2.24, 2.45) is 0 Å². The molecule has 2 N–H and O–H groups in total. The van der Waals surface area contributed by atoms with Gasteiger partial charge in [0.2, 0.25) is 5.91 Å². The number of para-hydroxylation sites is 1. The highest BCUT2D eigenvalue weighted by Gasteiger charge is 2.09. The van der Waals surface area contributed by atoms with E-state index < -0.39 is 0 Å². The van der Waals surface area contributed by atoms with Gasteiger partial charge in [0.1, 0.15) is 0 Å². The second-order valence-corrected chi connectivity index (χ2v) is 5.88. The third-order valence-corrected chi connectivity index (χ3v) is 3.70. The molecule has 4 nitrogen and oxygen atoms in total. The molecule has 0 aliphatic rings. The second kappa shape index (κ2) is 7.22. The number of carbonyl (C=O) groups excluding carboxylic acids is 2. The molecule has 0 aliphatic carbocycles. The van der Waals surface area contributed by atoms with Gasteiger partial charge >= 0.3 is 0 Å². The van der Waals surface area contributed by atoms with Crippen LogP contribution in [-0.2, 0) is 4.79 Å². The minimum atomic E-state index is -0.198. The number of hydrogen-bond acceptors (Lipinski definition) is 3. The van der Waals surface area contributed by atoms with E-state index >= 15 is 0 Å². The Morgan fingerprint density at radius 3 is 2.50 bits per heavy atom. The number of Topliss-reactive ketones (excluding diaryl/α,β-unsaturated/α-hetero) is 1. The molecule has 2 aromatic rings. The fraction of sp³-hybridized carbons (Fsp3) is 0.176. The molecule has 0 radical (unpaired) electrons. The number of anilines is 2. The van der Waals surface area contributed by atoms with Gasteiger partial charge in [-0.2, -0.15) is 0 Å². The van der Waals surface area contributed by atoms with Crippen molar-refractivity contribution in [1.29, 1.82) is 0 Å². The smallest absolute Gasteiger partial charge is 0.243 e. The van der Waals surface area contributed by atoms with Crippen LogP contribution >= 0.6 is 15.9 Å². The Balaban J connectivity index is 2.00. The molecular weight excluding hydrogens is 344 g/mol. The molecular formula is C17H17BrN2O2. The molecule has 114 valence electrons. The van der Waals surface area contributed by atoms with Crippen LogP contribution in [0.1, 0.15) is 22.8 Å². The van der Waals surface area contributed by atoms with Crippen molar-refractivity contribution in [2.45, 2.75) is 13.8 Å². The lowest BCUT2D eigenvalue weighted by molar-refractivity contribution is -0.114. The van der Waals surface area contributed by atoms with Crippen LogP contribution in [0.25, 0.3) is 0 Å². The zero-order valence-electron chi connectivity index (χ0n) is 12.4. The van der Waals surface area contributed by atoms with Gasteiger partial charge in [0.25, 0.3) is 0 Å². The Hall–Kier alpha value is -2.14. The number of aryl methyl sites for hydroxylation is 1. The van der Waals surface area contributed by atoms with Crippen molar-refractivity contribution in [3.05, 3.63) is 58.1 Å². The summed E-state index contributed by atoms with van der Waals surface area (Å²) in [6.07, 6.45) is 0. The van der Waals surface area contributed by atoms with Gasteiger partial charge in [0.15, 0.2) is 5.78 Å². The summed E-state index contributed by atoms with van der Waals surface area (Å²) < 4.78 is 0.996. The lowest BCUT2D eigenvalue weighted by Crippen LogP contribution is -2.23. The number of amides is 1. The lowest BCUT2D eigenvalue weighted by Gasteiger charge is -2.12. The molecule has 2 aromatic carbocycles. The number of ketones is 1. The fourth-order valence-electron chi connectivity index (χ4n) is 2.09. The van der Waals surface area contributed by atoms with E-state index in [2.05, 4.69) is 26.6 Å². The zero-order valence-corrected chi connectivity index (χ0v) is 14.0. The predicted octanol–water partition coefficient (Wildman–Crippen LogP) is 4.01. The van der Waals surface area contributed by atoms with Crippen molar-refractivity contribution in [2.75, 3.05) is 17.2 Å². The molecule has 0 unspecified atom stereocenters. The molecule has 0 fully saturated rings. The number of rotatable bonds is 5. The summed E-state index contributed by atoms with van der Waals surface area (Å²) in [5.74, 6) is -0.274. The molecule has 0 atom stereocenters. The largest absolute Gasteiger partial charge is 0.376 e. The Kier molecular flexibility index (Phi) is 5.33. The Bertz CT molecular complexity index is 714. The number of nitrogens with one attached hydrogen (secondary N) is 2. The third-order valence-electron chi connectivity index (χ3n) is 3.21. The summed E-state index contributed by atoms with van der Waals surface area (Å²) in [7, 11) is 0. The third kappa shape index (κ3) is 4.18. The van der Waals surface area contributed by atoms with Gasteiger partial charge in [0, 0.05) is 15.7 Å². The minimum Gasteiger partial charge on any atom is -0.376 e. The van der Waals surface area contributed by atoms with Crippen LogP contribution in [0.3, 0.4) is 0 Å². The first-order valence-corrected chi connectivity index (χ1v) is 7.66. The molecule has 0 aliphatic heterocycles. The molecule has 0 aromatic heterocycles. The Morgan fingerprint density at radius 2 is 1.82 bits per heavy atom. The van der Waals surface area contributed by atoms with Crippen LogP contribution in [0.15, 0.2) is 46.9 Å². The average Bonchev–Trinajstić information content (AvgIpc) is 2.46. The van der Waals surface area contributed by atoms with Gasteiger partial charge in [-0.25, -0.2) is 0 Å². The first-order valence-electron chi connectivity index (χ1n) is 6.87. The normalized spacial score (nSPS) is 10.1. The zero-order chi connectivity index (χ0) is 16.1. The van der Waals surface area contributed by atoms with Crippen LogP contribution in [0.5, 0.6) is 0 Å². The molecule has 1 amide bonds. The molecule has 0 spiro atoms. The van der Waals surface area contributed by atoms with Gasteiger partial charge < -0.3 is 10.6 Å². The molecule has 0 bridgehead atoms. The summed E-state index contributed by atoms with van der Waals surface area (Å²) in [6, 6.07) is 12.8. The van der Waals surface area contributed by atoms with E-state index in [1.54, 1.807) is 24.3 Å². The number of carbonyl (C=O) groups is 2. The maximum Gasteiger partial charge on any atom is 0.243 e. The van der Waals surface area contributed by atoms with Gasteiger partial charge in [0.05, 0.1) is 12.2 Å². The Morgan fingerprint density at radius 1 is 1.09 bits per heavy atom. The van der Waals surface area contributed by atoms with Gasteiger partial charge in [-0.1, -0.05) is 28.1 Å². The predicted molar refractivity (Wildman–Crippen MR) is 92.4 cm³/mol. The lowest BCUT2D eigenvalue weighted by atomic mass is 10.1. The molecule has 0 saturated heterocycles. The van der Waals surface area contributed by atoms with Gasteiger partial charge in [-0.05, 0) is 49.7 Å². The van der Waals surface area contributed by atoms with Crippen LogP contribution < -0.4 is 10.6 Å². The molecule has 2 rings (SSSR count). The van der Waals surface area contributed by atoms with Gasteiger partial charge in [-0.3, -0.25) is 9.59 Å². The first-order chi connectivity index (χ1) is 10.5. The molecule has 22 heavy (non-hydrogen) atoms. The van der Waals surface area contributed by atoms with Crippen molar-refractivity contribution >= 4 is 39.0 Å². The maximum atomic E-state index is 12.0. The quantitative estimate of drug-likeness (QED) is 0.792. The van der Waals surface area contributed by atoms with E-state index in [1.165, 1.54) is 6.92 Å². The fourth-order valence-corrected chi connectivity index (χ4v) is 2.57. The molecule has 5 heteroatoms. The topological polar surface area (TPSA) is 58.2 Å². The van der Waals surface area contributed by atoms with Gasteiger partial charge in [-0.15, -0.1) is 0 Å². The highest BCUT2D eigenvalue weighted by atomic mass is 79.9. The number of hydrogen-bond donors (Lipinski definition) is 2. The van der Waals surface area contributed by atoms with Crippen molar-refractivity contribution in [1.82, 2.24) is 0 Å². The average molecular weight is 361 g/mol. The maximum absolute atomic E-state index is 12.0. The highest BCUT2D eigenvalue weighted by Crippen LogP contribution is 2.20. The van der Waals surface area contributed by atoms with Crippen molar-refractivity contribution in [3.63, 3.8) is 0 Å².